The quantitative estimate of drug-likeness (QED) is 0.611. The van der Waals surface area contributed by atoms with Gasteiger partial charge in [0.05, 0.1) is 17.6 Å². The van der Waals surface area contributed by atoms with E-state index >= 15 is 0 Å². The van der Waals surface area contributed by atoms with Crippen LogP contribution < -0.4 is 16.0 Å². The van der Waals surface area contributed by atoms with Gasteiger partial charge in [-0.2, -0.15) is 0 Å². The molecule has 0 saturated carbocycles. The van der Waals surface area contributed by atoms with Crippen molar-refractivity contribution in [3.05, 3.63) is 58.5 Å². The second-order valence-corrected chi connectivity index (χ2v) is 5.57. The first-order valence-electron chi connectivity index (χ1n) is 8.57. The van der Waals surface area contributed by atoms with Gasteiger partial charge in [0.15, 0.2) is 0 Å². The van der Waals surface area contributed by atoms with E-state index in [2.05, 4.69) is 23.7 Å². The fourth-order valence-electron chi connectivity index (χ4n) is 2.32. The summed E-state index contributed by atoms with van der Waals surface area (Å²) in [5.74, 6) is -3.25. The van der Waals surface area contributed by atoms with Crippen LogP contribution >= 0.6 is 0 Å². The van der Waals surface area contributed by atoms with Gasteiger partial charge in [-0.15, -0.1) is 0 Å². The zero-order chi connectivity index (χ0) is 21.1. The minimum absolute atomic E-state index is 0.302. The zero-order valence-corrected chi connectivity index (χ0v) is 15.6. The first kappa shape index (κ1) is 22.8. The normalized spacial score (nSPS) is 10.7. The molecule has 1 aromatic carbocycles. The average Bonchev–Trinajstić information content (AvgIpc) is 3.02. The number of hydrogen-bond donors (Lipinski definition) is 1. The Hall–Kier alpha value is -3.20. The van der Waals surface area contributed by atoms with Crippen molar-refractivity contribution in [1.82, 2.24) is 9.88 Å². The van der Waals surface area contributed by atoms with E-state index in [9.17, 15) is 29.0 Å². The third-order valence-electron chi connectivity index (χ3n) is 3.76. The molecular weight excluding hydrogens is 371 g/mol. The Morgan fingerprint density at radius 3 is 2.11 bits per heavy atom. The number of H-pyrrole nitrogens is 1. The number of aromatic nitrogens is 1. The smallest absolute Gasteiger partial charge is 0.416 e. The molecule has 152 valence electrons. The Labute approximate surface area is 160 Å². The molecule has 8 nitrogen and oxygen atoms in total. The fourth-order valence-corrected chi connectivity index (χ4v) is 2.32. The lowest BCUT2D eigenvalue weighted by molar-refractivity contribution is -0.301. The van der Waals surface area contributed by atoms with Gasteiger partial charge in [-0.3, -0.25) is 4.98 Å². The number of hydrogen-bond acceptors (Lipinski definition) is 7. The van der Waals surface area contributed by atoms with Gasteiger partial charge in [0.2, 0.25) is 0 Å². The van der Waals surface area contributed by atoms with Gasteiger partial charge in [0.1, 0.15) is 11.6 Å². The molecule has 0 saturated heterocycles. The van der Waals surface area contributed by atoms with Crippen molar-refractivity contribution in [2.75, 3.05) is 19.6 Å². The van der Waals surface area contributed by atoms with Crippen molar-refractivity contribution < 1.29 is 28.6 Å². The summed E-state index contributed by atoms with van der Waals surface area (Å²) in [7, 11) is 0. The summed E-state index contributed by atoms with van der Waals surface area (Å²) < 4.78 is 18.2. The number of nitrogens with zero attached hydrogens (tertiary/aromatic N) is 1. The molecule has 28 heavy (non-hydrogen) atoms. The number of carbonyl (C=O) groups excluding carboxylic acids is 2. The molecule has 0 aliphatic carbocycles. The van der Waals surface area contributed by atoms with Gasteiger partial charge in [-0.05, 0) is 49.5 Å². The minimum Gasteiger partial charge on any atom is -0.545 e. The number of aromatic amines is 1. The van der Waals surface area contributed by atoms with Crippen LogP contribution in [0.15, 0.2) is 45.6 Å². The van der Waals surface area contributed by atoms with E-state index in [1.165, 1.54) is 12.1 Å². The van der Waals surface area contributed by atoms with Crippen LogP contribution in [0, 0.1) is 5.82 Å². The van der Waals surface area contributed by atoms with Crippen LogP contribution in [0.5, 0.6) is 0 Å². The van der Waals surface area contributed by atoms with Crippen LogP contribution in [0.4, 0.5) is 4.39 Å². The predicted octanol–water partition coefficient (Wildman–Crippen LogP) is -0.299. The lowest BCUT2D eigenvalue weighted by atomic mass is 10.1. The molecule has 0 aliphatic rings. The molecule has 0 atom stereocenters. The molecule has 1 aromatic heterocycles. The SMILES string of the molecule is CCN(CC)CCc1oc(=O)[nH]c1-c1ccc(F)cc1.O=C([O-])/C=C\C(=O)[O-]. The Balaban J connectivity index is 0.000000416. The number of nitrogens with one attached hydrogen (secondary N) is 1. The number of rotatable bonds is 8. The van der Waals surface area contributed by atoms with E-state index in [-0.39, 0.29) is 5.82 Å². The summed E-state index contributed by atoms with van der Waals surface area (Å²) >= 11 is 0. The highest BCUT2D eigenvalue weighted by Crippen LogP contribution is 2.21. The van der Waals surface area contributed by atoms with Gasteiger partial charge < -0.3 is 29.1 Å². The number of halogens is 1. The predicted molar refractivity (Wildman–Crippen MR) is 95.4 cm³/mol. The summed E-state index contributed by atoms with van der Waals surface area (Å²) in [6, 6.07) is 6.01. The molecule has 0 fully saturated rings. The number of benzene rings is 1. The number of carboxylic acids is 2. The molecule has 2 aromatic rings. The summed E-state index contributed by atoms with van der Waals surface area (Å²) in [5, 5.41) is 18.8. The standard InChI is InChI=1S/C15H19FN2O2.C4H4O4/c1-3-18(4-2)10-9-13-14(17-15(19)20-13)11-5-7-12(16)8-6-11;5-3(6)1-2-4(7)8/h5-8H,3-4,9-10H2,1-2H3,(H,17,19);1-2H,(H,5,6)(H,7,8)/p-2/b;2-1-. The second-order valence-electron chi connectivity index (χ2n) is 5.57. The van der Waals surface area contributed by atoms with Crippen molar-refractivity contribution in [2.24, 2.45) is 0 Å². The maximum absolute atomic E-state index is 13.0. The first-order valence-corrected chi connectivity index (χ1v) is 8.57. The summed E-state index contributed by atoms with van der Waals surface area (Å²) in [5.41, 5.74) is 1.40. The maximum Gasteiger partial charge on any atom is 0.416 e. The highest BCUT2D eigenvalue weighted by atomic mass is 19.1. The van der Waals surface area contributed by atoms with Crippen LogP contribution in [0.1, 0.15) is 19.6 Å². The molecule has 1 heterocycles. The third kappa shape index (κ3) is 8.00. The molecule has 1 N–H and O–H groups in total. The lowest BCUT2D eigenvalue weighted by Crippen LogP contribution is -2.25. The fraction of sp³-hybridized carbons (Fsp3) is 0.316. The van der Waals surface area contributed by atoms with Crippen LogP contribution in [0.25, 0.3) is 11.3 Å². The number of carboxylic acid groups (broad SMARTS) is 2. The lowest BCUT2D eigenvalue weighted by Gasteiger charge is -2.16. The summed E-state index contributed by atoms with van der Waals surface area (Å²) in [4.78, 5) is 35.2. The van der Waals surface area contributed by atoms with Gasteiger partial charge in [0.25, 0.3) is 0 Å². The topological polar surface area (TPSA) is 130 Å². The monoisotopic (exact) mass is 392 g/mol. The van der Waals surface area contributed by atoms with E-state index in [0.717, 1.165) is 25.2 Å². The first-order chi connectivity index (χ1) is 13.3. The van der Waals surface area contributed by atoms with Crippen molar-refractivity contribution in [1.29, 1.82) is 0 Å². The molecule has 0 amide bonds. The second kappa shape index (κ2) is 11.5. The van der Waals surface area contributed by atoms with E-state index < -0.39 is 17.7 Å². The highest BCUT2D eigenvalue weighted by Gasteiger charge is 2.13. The molecular formula is C19H21FN2O6-2. The van der Waals surface area contributed by atoms with Crippen LogP contribution in [0.3, 0.4) is 0 Å². The van der Waals surface area contributed by atoms with Crippen LogP contribution in [0.2, 0.25) is 0 Å². The van der Waals surface area contributed by atoms with Crippen LogP contribution in [-0.2, 0) is 16.0 Å². The van der Waals surface area contributed by atoms with Crippen molar-refractivity contribution in [3.63, 3.8) is 0 Å². The van der Waals surface area contributed by atoms with Gasteiger partial charge in [-0.1, -0.05) is 13.8 Å². The third-order valence-corrected chi connectivity index (χ3v) is 3.76. The summed E-state index contributed by atoms with van der Waals surface area (Å²) in [6.45, 7) is 6.92. The summed E-state index contributed by atoms with van der Waals surface area (Å²) in [6.07, 6.45) is 1.41. The van der Waals surface area contributed by atoms with Gasteiger partial charge >= 0.3 is 5.76 Å². The number of aliphatic carboxylic acids is 2. The molecule has 9 heteroatoms. The Morgan fingerprint density at radius 1 is 1.11 bits per heavy atom. The van der Waals surface area contributed by atoms with Crippen molar-refractivity contribution in [3.8, 4) is 11.3 Å². The Bertz CT molecular complexity index is 834. The maximum atomic E-state index is 13.0. The van der Waals surface area contributed by atoms with E-state index in [1.807, 2.05) is 0 Å². The molecule has 0 unspecified atom stereocenters. The Kier molecular flexibility index (Phi) is 9.38. The van der Waals surface area contributed by atoms with Crippen LogP contribution in [-0.4, -0.2) is 41.5 Å². The molecule has 0 radical (unpaired) electrons. The number of oxazole rings is 1. The zero-order valence-electron chi connectivity index (χ0n) is 15.6. The minimum atomic E-state index is -1.55. The van der Waals surface area contributed by atoms with Gasteiger partial charge in [0, 0.05) is 18.5 Å². The van der Waals surface area contributed by atoms with Gasteiger partial charge in [-0.25, -0.2) is 9.18 Å². The van der Waals surface area contributed by atoms with E-state index in [0.29, 0.717) is 30.0 Å². The highest BCUT2D eigenvalue weighted by molar-refractivity contribution is 5.87. The van der Waals surface area contributed by atoms with Crippen molar-refractivity contribution >= 4 is 11.9 Å². The van der Waals surface area contributed by atoms with E-state index in [4.69, 9.17) is 4.42 Å². The molecule has 2 rings (SSSR count). The van der Waals surface area contributed by atoms with E-state index in [1.54, 1.807) is 12.1 Å². The number of carbonyl (C=O) groups is 2. The average molecular weight is 392 g/mol. The number of likely N-dealkylation sites (N-methyl/N-ethyl adjacent to an activating group) is 1. The van der Waals surface area contributed by atoms with Crippen molar-refractivity contribution in [2.45, 2.75) is 20.3 Å². The Morgan fingerprint density at radius 2 is 1.64 bits per heavy atom. The molecule has 0 spiro atoms. The molecule has 0 bridgehead atoms. The molecule has 0 aliphatic heterocycles. The largest absolute Gasteiger partial charge is 0.545 e.